The number of rotatable bonds is 5. The Kier molecular flexibility index (Phi) is 9.31. The maximum absolute atomic E-state index is 13.0. The SMILES string of the molecule is CC.Cc1c(Cl)c(C(F)(F)F)nn1CC(=O)N1CCN(c2ccc(Cl)c(OC(C)C)c2)CC1. The Morgan fingerprint density at radius 1 is 1.15 bits per heavy atom. The van der Waals surface area contributed by atoms with Crippen LogP contribution in [0, 0.1) is 6.92 Å². The second kappa shape index (κ2) is 11.3. The van der Waals surface area contributed by atoms with Gasteiger partial charge < -0.3 is 14.5 Å². The van der Waals surface area contributed by atoms with Crippen molar-refractivity contribution in [1.29, 1.82) is 0 Å². The number of carbonyl (C=O) groups is 1. The van der Waals surface area contributed by atoms with Gasteiger partial charge in [-0.2, -0.15) is 18.3 Å². The maximum atomic E-state index is 13.0. The predicted molar refractivity (Wildman–Crippen MR) is 124 cm³/mol. The topological polar surface area (TPSA) is 50.6 Å². The first kappa shape index (κ1) is 27.1. The molecule has 184 valence electrons. The van der Waals surface area contributed by atoms with Crippen molar-refractivity contribution in [3.63, 3.8) is 0 Å². The molecule has 1 aromatic heterocycles. The van der Waals surface area contributed by atoms with Crippen LogP contribution in [-0.2, 0) is 17.5 Å². The van der Waals surface area contributed by atoms with Crippen molar-refractivity contribution in [2.45, 2.75) is 53.4 Å². The third-order valence-electron chi connectivity index (χ3n) is 4.96. The number of piperazine rings is 1. The molecule has 3 rings (SSSR count). The molecule has 6 nitrogen and oxygen atoms in total. The van der Waals surface area contributed by atoms with Gasteiger partial charge in [-0.1, -0.05) is 37.0 Å². The summed E-state index contributed by atoms with van der Waals surface area (Å²) in [7, 11) is 0. The normalized spacial score (nSPS) is 14.3. The molecule has 1 aromatic carbocycles. The second-order valence-electron chi connectivity index (χ2n) is 7.55. The molecule has 0 N–H and O–H groups in total. The van der Waals surface area contributed by atoms with Crippen LogP contribution in [-0.4, -0.2) is 52.9 Å². The summed E-state index contributed by atoms with van der Waals surface area (Å²) in [6.45, 7) is 11.0. The smallest absolute Gasteiger partial charge is 0.436 e. The first-order valence-corrected chi connectivity index (χ1v) is 11.5. The molecule has 0 radical (unpaired) electrons. The van der Waals surface area contributed by atoms with Gasteiger partial charge in [0.25, 0.3) is 0 Å². The van der Waals surface area contributed by atoms with Gasteiger partial charge in [-0.05, 0) is 32.9 Å². The van der Waals surface area contributed by atoms with Gasteiger partial charge in [0, 0.05) is 37.9 Å². The largest absolute Gasteiger partial charge is 0.489 e. The van der Waals surface area contributed by atoms with E-state index in [4.69, 9.17) is 27.9 Å². The highest BCUT2D eigenvalue weighted by atomic mass is 35.5. The fourth-order valence-electron chi connectivity index (χ4n) is 3.33. The van der Waals surface area contributed by atoms with Gasteiger partial charge in [-0.15, -0.1) is 0 Å². The van der Waals surface area contributed by atoms with E-state index in [-0.39, 0.29) is 24.2 Å². The Bertz CT molecular complexity index is 956. The van der Waals surface area contributed by atoms with Crippen molar-refractivity contribution in [3.8, 4) is 5.75 Å². The van der Waals surface area contributed by atoms with Gasteiger partial charge in [0.2, 0.25) is 5.91 Å². The molecule has 0 atom stereocenters. The van der Waals surface area contributed by atoms with E-state index in [0.717, 1.165) is 10.4 Å². The third kappa shape index (κ3) is 6.69. The van der Waals surface area contributed by atoms with Crippen molar-refractivity contribution < 1.29 is 22.7 Å². The molecule has 0 spiro atoms. The van der Waals surface area contributed by atoms with E-state index in [0.29, 0.717) is 37.0 Å². The zero-order valence-electron chi connectivity index (χ0n) is 19.3. The van der Waals surface area contributed by atoms with E-state index in [1.807, 2.05) is 39.8 Å². The fraction of sp³-hybridized carbons (Fsp3) is 0.545. The van der Waals surface area contributed by atoms with Crippen LogP contribution in [0.2, 0.25) is 10.0 Å². The zero-order valence-corrected chi connectivity index (χ0v) is 20.9. The van der Waals surface area contributed by atoms with Crippen LogP contribution in [0.1, 0.15) is 39.1 Å². The Labute approximate surface area is 202 Å². The summed E-state index contributed by atoms with van der Waals surface area (Å²) in [5.74, 6) is 0.287. The third-order valence-corrected chi connectivity index (χ3v) is 5.73. The Morgan fingerprint density at radius 3 is 2.27 bits per heavy atom. The van der Waals surface area contributed by atoms with Crippen molar-refractivity contribution in [2.75, 3.05) is 31.1 Å². The lowest BCUT2D eigenvalue weighted by molar-refractivity contribution is -0.142. The molecule has 1 aliphatic heterocycles. The van der Waals surface area contributed by atoms with Gasteiger partial charge in [0.1, 0.15) is 12.3 Å². The lowest BCUT2D eigenvalue weighted by atomic mass is 10.2. The molecule has 33 heavy (non-hydrogen) atoms. The Morgan fingerprint density at radius 2 is 1.76 bits per heavy atom. The van der Waals surface area contributed by atoms with Gasteiger partial charge in [0.15, 0.2) is 5.69 Å². The minimum Gasteiger partial charge on any atom is -0.489 e. The molecule has 2 aromatic rings. The Balaban J connectivity index is 0.00000187. The molecule has 0 aliphatic carbocycles. The monoisotopic (exact) mass is 508 g/mol. The summed E-state index contributed by atoms with van der Waals surface area (Å²) in [6.07, 6.45) is -4.68. The quantitative estimate of drug-likeness (QED) is 0.521. The lowest BCUT2D eigenvalue weighted by Gasteiger charge is -2.36. The first-order valence-electron chi connectivity index (χ1n) is 10.8. The molecule has 1 fully saturated rings. The molecule has 0 saturated carbocycles. The standard InChI is InChI=1S/C20H23Cl2F3N4O2.C2H6/c1-12(2)31-16-10-14(4-5-15(16)21)27-6-8-28(9-7-27)17(30)11-29-13(3)18(22)19(26-29)20(23,24)25;1-2/h4-5,10,12H,6-9,11H2,1-3H3;1-2H3. The number of hydrogen-bond donors (Lipinski definition) is 0. The van der Waals surface area contributed by atoms with Gasteiger partial charge >= 0.3 is 6.18 Å². The summed E-state index contributed by atoms with van der Waals surface area (Å²) >= 11 is 11.9. The number of alkyl halides is 3. The number of carbonyl (C=O) groups excluding carboxylic acids is 1. The molecule has 1 amide bonds. The summed E-state index contributed by atoms with van der Waals surface area (Å²) in [5, 5.41) is 3.54. The van der Waals surface area contributed by atoms with Crippen LogP contribution in [0.25, 0.3) is 0 Å². The highest BCUT2D eigenvalue weighted by Crippen LogP contribution is 2.35. The van der Waals surface area contributed by atoms with Crippen LogP contribution >= 0.6 is 23.2 Å². The highest BCUT2D eigenvalue weighted by Gasteiger charge is 2.38. The van der Waals surface area contributed by atoms with Crippen molar-refractivity contribution in [3.05, 3.63) is 39.6 Å². The molecule has 0 unspecified atom stereocenters. The summed E-state index contributed by atoms with van der Waals surface area (Å²) in [5.41, 5.74) is -0.136. The minimum absolute atomic E-state index is 0.0145. The van der Waals surface area contributed by atoms with E-state index < -0.39 is 16.9 Å². The molecular formula is C22H29Cl2F3N4O2. The number of ether oxygens (including phenoxy) is 1. The lowest BCUT2D eigenvalue weighted by Crippen LogP contribution is -2.49. The average Bonchev–Trinajstić information content (AvgIpc) is 3.05. The van der Waals surface area contributed by atoms with Crippen molar-refractivity contribution in [1.82, 2.24) is 14.7 Å². The molecule has 0 bridgehead atoms. The number of halogens is 5. The highest BCUT2D eigenvalue weighted by molar-refractivity contribution is 6.32. The predicted octanol–water partition coefficient (Wildman–Crippen LogP) is 5.68. The molecule has 1 saturated heterocycles. The molecular weight excluding hydrogens is 480 g/mol. The Hall–Kier alpha value is -2.13. The van der Waals surface area contributed by atoms with Crippen molar-refractivity contribution >= 4 is 34.8 Å². The van der Waals surface area contributed by atoms with Crippen LogP contribution in [0.4, 0.5) is 18.9 Å². The first-order chi connectivity index (χ1) is 15.5. The second-order valence-corrected chi connectivity index (χ2v) is 8.34. The molecule has 2 heterocycles. The van der Waals surface area contributed by atoms with E-state index in [9.17, 15) is 18.0 Å². The van der Waals surface area contributed by atoms with Crippen LogP contribution in [0.3, 0.4) is 0 Å². The number of amides is 1. The average molecular weight is 509 g/mol. The van der Waals surface area contributed by atoms with Crippen molar-refractivity contribution in [2.24, 2.45) is 0 Å². The minimum atomic E-state index is -4.67. The number of anilines is 1. The van der Waals surface area contributed by atoms with E-state index in [2.05, 4.69) is 10.00 Å². The molecule has 11 heteroatoms. The number of hydrogen-bond acceptors (Lipinski definition) is 4. The summed E-state index contributed by atoms with van der Waals surface area (Å²) < 4.78 is 45.7. The zero-order chi connectivity index (χ0) is 24.9. The number of aromatic nitrogens is 2. The van der Waals surface area contributed by atoms with Gasteiger partial charge in [-0.25, -0.2) is 0 Å². The number of benzene rings is 1. The van der Waals surface area contributed by atoms with E-state index in [1.54, 1.807) is 11.0 Å². The van der Waals surface area contributed by atoms with E-state index >= 15 is 0 Å². The van der Waals surface area contributed by atoms with E-state index in [1.165, 1.54) is 6.92 Å². The summed E-state index contributed by atoms with van der Waals surface area (Å²) in [6, 6.07) is 5.53. The van der Waals surface area contributed by atoms with Gasteiger partial charge in [0.05, 0.1) is 21.8 Å². The van der Waals surface area contributed by atoms with Gasteiger partial charge in [-0.3, -0.25) is 9.48 Å². The fourth-order valence-corrected chi connectivity index (χ4v) is 3.74. The van der Waals surface area contributed by atoms with Crippen LogP contribution < -0.4 is 9.64 Å². The van der Waals surface area contributed by atoms with Crippen LogP contribution in [0.5, 0.6) is 5.75 Å². The number of nitrogens with zero attached hydrogens (tertiary/aromatic N) is 4. The maximum Gasteiger partial charge on any atom is 0.436 e. The molecule has 1 aliphatic rings. The van der Waals surface area contributed by atoms with Crippen LogP contribution in [0.15, 0.2) is 18.2 Å². The summed E-state index contributed by atoms with van der Waals surface area (Å²) in [4.78, 5) is 16.4.